The fourth-order valence-corrected chi connectivity index (χ4v) is 4.06. The van der Waals surface area contributed by atoms with Crippen LogP contribution in [0.25, 0.3) is 11.5 Å². The van der Waals surface area contributed by atoms with Gasteiger partial charge in [-0.2, -0.15) is 0 Å². The monoisotopic (exact) mass is 409 g/mol. The molecule has 1 fully saturated rings. The molecule has 9 nitrogen and oxygen atoms in total. The second-order valence-corrected chi connectivity index (χ2v) is 8.36. The van der Waals surface area contributed by atoms with Crippen LogP contribution in [-0.4, -0.2) is 62.5 Å². The second-order valence-electron chi connectivity index (χ2n) is 6.50. The summed E-state index contributed by atoms with van der Waals surface area (Å²) in [6, 6.07) is 4.90. The molecular formula is C18H23N3O6S. The molecule has 1 saturated heterocycles. The van der Waals surface area contributed by atoms with Crippen LogP contribution in [0.3, 0.4) is 0 Å². The normalized spacial score (nSPS) is 15.1. The number of sulfone groups is 1. The average molecular weight is 409 g/mol. The molecular weight excluding hydrogens is 386 g/mol. The number of hydrogen-bond acceptors (Lipinski definition) is 8. The van der Waals surface area contributed by atoms with Gasteiger partial charge in [-0.3, -0.25) is 4.79 Å². The minimum Gasteiger partial charge on any atom is -0.493 e. The predicted molar refractivity (Wildman–Crippen MR) is 99.9 cm³/mol. The minimum atomic E-state index is -4.02. The number of ether oxygens (including phenoxy) is 2. The van der Waals surface area contributed by atoms with E-state index in [1.165, 1.54) is 14.2 Å². The van der Waals surface area contributed by atoms with Gasteiger partial charge in [0.05, 0.1) is 14.2 Å². The van der Waals surface area contributed by atoms with Crippen molar-refractivity contribution in [2.75, 3.05) is 33.1 Å². The highest BCUT2D eigenvalue weighted by atomic mass is 32.2. The Kier molecular flexibility index (Phi) is 6.18. The maximum Gasteiger partial charge on any atom is 0.336 e. The zero-order valence-corrected chi connectivity index (χ0v) is 16.7. The summed E-state index contributed by atoms with van der Waals surface area (Å²) in [7, 11) is -1.03. The van der Waals surface area contributed by atoms with E-state index in [2.05, 4.69) is 10.2 Å². The van der Waals surface area contributed by atoms with E-state index < -0.39 is 26.7 Å². The lowest BCUT2D eigenvalue weighted by Crippen LogP contribution is -2.36. The van der Waals surface area contributed by atoms with Crippen molar-refractivity contribution < 1.29 is 27.1 Å². The Bertz CT molecular complexity index is 933. The molecule has 1 aromatic carbocycles. The molecule has 0 unspecified atom stereocenters. The highest BCUT2D eigenvalue weighted by molar-refractivity contribution is 7.91. The summed E-state index contributed by atoms with van der Waals surface area (Å²) in [4.78, 5) is 14.0. The molecule has 152 valence electrons. The summed E-state index contributed by atoms with van der Waals surface area (Å²) in [6.07, 6.45) is 3.87. The van der Waals surface area contributed by atoms with Crippen LogP contribution in [0.15, 0.2) is 27.8 Å². The van der Waals surface area contributed by atoms with Gasteiger partial charge >= 0.3 is 5.22 Å². The van der Waals surface area contributed by atoms with E-state index in [0.717, 1.165) is 25.7 Å². The topological polar surface area (TPSA) is 112 Å². The van der Waals surface area contributed by atoms with Crippen molar-refractivity contribution in [2.45, 2.75) is 30.9 Å². The van der Waals surface area contributed by atoms with Crippen LogP contribution in [0.5, 0.6) is 11.5 Å². The molecule has 0 N–H and O–H groups in total. The van der Waals surface area contributed by atoms with Crippen molar-refractivity contribution in [3.63, 3.8) is 0 Å². The van der Waals surface area contributed by atoms with Crippen LogP contribution < -0.4 is 9.47 Å². The molecule has 2 heterocycles. The third-order valence-corrected chi connectivity index (χ3v) is 5.90. The van der Waals surface area contributed by atoms with E-state index in [9.17, 15) is 13.2 Å². The van der Waals surface area contributed by atoms with Gasteiger partial charge in [-0.05, 0) is 31.0 Å². The molecule has 1 aromatic heterocycles. The zero-order chi connectivity index (χ0) is 20.1. The van der Waals surface area contributed by atoms with Crippen LogP contribution in [0.2, 0.25) is 0 Å². The molecule has 28 heavy (non-hydrogen) atoms. The third kappa shape index (κ3) is 4.44. The Morgan fingerprint density at radius 3 is 2.39 bits per heavy atom. The molecule has 1 aliphatic rings. The number of methoxy groups -OCH3 is 2. The highest BCUT2D eigenvalue weighted by Gasteiger charge is 2.29. The van der Waals surface area contributed by atoms with E-state index in [1.54, 1.807) is 23.1 Å². The number of nitrogens with zero attached hydrogens (tertiary/aromatic N) is 3. The first-order valence-corrected chi connectivity index (χ1v) is 10.7. The lowest BCUT2D eigenvalue weighted by Gasteiger charge is -2.19. The van der Waals surface area contributed by atoms with Crippen molar-refractivity contribution in [3.8, 4) is 23.0 Å². The predicted octanol–water partition coefficient (Wildman–Crippen LogP) is 1.93. The van der Waals surface area contributed by atoms with E-state index in [0.29, 0.717) is 30.2 Å². The first-order valence-electron chi connectivity index (χ1n) is 9.01. The maximum atomic E-state index is 12.6. The summed E-state index contributed by atoms with van der Waals surface area (Å²) in [5.74, 6) is -0.143. The van der Waals surface area contributed by atoms with Gasteiger partial charge < -0.3 is 18.8 Å². The lowest BCUT2D eigenvalue weighted by molar-refractivity contribution is -0.128. The number of aromatic nitrogens is 2. The van der Waals surface area contributed by atoms with Crippen molar-refractivity contribution in [2.24, 2.45) is 0 Å². The van der Waals surface area contributed by atoms with E-state index in [4.69, 9.17) is 13.9 Å². The minimum absolute atomic E-state index is 0.0155. The molecule has 0 saturated carbocycles. The lowest BCUT2D eigenvalue weighted by atomic mass is 10.2. The molecule has 0 atom stereocenters. The number of carbonyl (C=O) groups excluding carboxylic acids is 1. The van der Waals surface area contributed by atoms with Gasteiger partial charge in [0.1, 0.15) is 5.75 Å². The maximum absolute atomic E-state index is 12.6. The van der Waals surface area contributed by atoms with Crippen molar-refractivity contribution in [1.82, 2.24) is 15.1 Å². The number of rotatable bonds is 6. The molecule has 1 amide bonds. The Morgan fingerprint density at radius 2 is 1.75 bits per heavy atom. The summed E-state index contributed by atoms with van der Waals surface area (Å²) in [5.41, 5.74) is 0.477. The summed E-state index contributed by atoms with van der Waals surface area (Å²) >= 11 is 0. The molecule has 0 spiro atoms. The van der Waals surface area contributed by atoms with Crippen LogP contribution in [0.4, 0.5) is 0 Å². The fourth-order valence-electron chi connectivity index (χ4n) is 3.06. The van der Waals surface area contributed by atoms with Gasteiger partial charge in [-0.1, -0.05) is 17.9 Å². The quantitative estimate of drug-likeness (QED) is 0.711. The van der Waals surface area contributed by atoms with E-state index in [-0.39, 0.29) is 5.89 Å². The van der Waals surface area contributed by atoms with Gasteiger partial charge in [0, 0.05) is 18.7 Å². The zero-order valence-electron chi connectivity index (χ0n) is 15.9. The number of hydrogen-bond donors (Lipinski definition) is 0. The van der Waals surface area contributed by atoms with E-state index in [1.807, 2.05) is 0 Å². The molecule has 2 aromatic rings. The van der Waals surface area contributed by atoms with Gasteiger partial charge in [-0.25, -0.2) is 8.42 Å². The first-order chi connectivity index (χ1) is 13.4. The number of carbonyl (C=O) groups is 1. The van der Waals surface area contributed by atoms with Gasteiger partial charge in [0.25, 0.3) is 0 Å². The van der Waals surface area contributed by atoms with Crippen molar-refractivity contribution >= 4 is 15.7 Å². The Hall–Kier alpha value is -2.62. The Balaban J connectivity index is 1.77. The molecule has 0 aliphatic carbocycles. The second kappa shape index (κ2) is 8.59. The Labute approximate surface area is 163 Å². The van der Waals surface area contributed by atoms with Crippen molar-refractivity contribution in [3.05, 3.63) is 18.2 Å². The van der Waals surface area contributed by atoms with Gasteiger partial charge in [0.15, 0.2) is 11.5 Å². The standard InChI is InChI=1S/C18H23N3O6S/c1-25-14-8-7-13(11-15(14)26-2)17-19-20-18(27-17)28(23,24)12-16(22)21-9-5-3-4-6-10-21/h7-8,11H,3-6,9-10,12H2,1-2H3. The highest BCUT2D eigenvalue weighted by Crippen LogP contribution is 2.32. The first kappa shape index (κ1) is 20.1. The molecule has 3 rings (SSSR count). The van der Waals surface area contributed by atoms with E-state index >= 15 is 0 Å². The van der Waals surface area contributed by atoms with Crippen LogP contribution >= 0.6 is 0 Å². The van der Waals surface area contributed by atoms with Crippen LogP contribution in [0, 0.1) is 0 Å². The third-order valence-electron chi connectivity index (χ3n) is 4.58. The summed E-state index contributed by atoms with van der Waals surface area (Å²) < 4.78 is 40.8. The van der Waals surface area contributed by atoms with Crippen LogP contribution in [-0.2, 0) is 14.6 Å². The number of likely N-dealkylation sites (tertiary alicyclic amines) is 1. The smallest absolute Gasteiger partial charge is 0.336 e. The molecule has 10 heteroatoms. The number of benzene rings is 1. The largest absolute Gasteiger partial charge is 0.493 e. The summed E-state index contributed by atoms with van der Waals surface area (Å²) in [6.45, 7) is 1.16. The number of amides is 1. The van der Waals surface area contributed by atoms with Crippen LogP contribution in [0.1, 0.15) is 25.7 Å². The Morgan fingerprint density at radius 1 is 1.07 bits per heavy atom. The van der Waals surface area contributed by atoms with Gasteiger partial charge in [0.2, 0.25) is 21.6 Å². The summed E-state index contributed by atoms with van der Waals surface area (Å²) in [5, 5.41) is 6.86. The molecule has 1 aliphatic heterocycles. The molecule has 0 bridgehead atoms. The fraction of sp³-hybridized carbons (Fsp3) is 0.500. The van der Waals surface area contributed by atoms with Crippen molar-refractivity contribution in [1.29, 1.82) is 0 Å². The molecule has 0 radical (unpaired) electrons. The average Bonchev–Trinajstić information content (AvgIpc) is 3.04. The SMILES string of the molecule is COc1ccc(-c2nnc(S(=O)(=O)CC(=O)N3CCCCCC3)o2)cc1OC. The van der Waals surface area contributed by atoms with Gasteiger partial charge in [-0.15, -0.1) is 5.10 Å².